The molecule has 4 rings (SSSR count). The maximum Gasteiger partial charge on any atom is 0.311 e. The molecule has 2 bridgehead atoms. The lowest BCUT2D eigenvalue weighted by Gasteiger charge is -2.41. The molecule has 4 fully saturated rings. The molecule has 1 saturated carbocycles. The third kappa shape index (κ3) is 4.45. The smallest absolute Gasteiger partial charge is 0.311 e. The van der Waals surface area contributed by atoms with Crippen molar-refractivity contribution in [3.05, 3.63) is 25.3 Å². The number of aliphatic hydroxyl groups is 1. The first-order valence-electron chi connectivity index (χ1n) is 13.1. The van der Waals surface area contributed by atoms with E-state index in [0.717, 1.165) is 38.5 Å². The number of allylic oxidation sites excluding steroid dienone is 1. The van der Waals surface area contributed by atoms with Crippen molar-refractivity contribution in [2.45, 2.75) is 86.3 Å². The minimum atomic E-state index is -0.681. The zero-order valence-corrected chi connectivity index (χ0v) is 21.8. The molecule has 0 aromatic rings. The fourth-order valence-corrected chi connectivity index (χ4v) is 9.35. The van der Waals surface area contributed by atoms with Gasteiger partial charge in [-0.05, 0) is 45.4 Å². The van der Waals surface area contributed by atoms with E-state index in [-0.39, 0.29) is 37.0 Å². The SMILES string of the molecule is C=CCCCOC(=O)[C@@H]1[C@H]2C(=O)N(CCO)C(C(=O)N(CC=C)C3CCCCC3)C23CC[C@@]1(C)S3. The van der Waals surface area contributed by atoms with Gasteiger partial charge in [-0.25, -0.2) is 0 Å². The van der Waals surface area contributed by atoms with Gasteiger partial charge in [0, 0.05) is 23.9 Å². The Kier molecular flexibility index (Phi) is 8.01. The monoisotopic (exact) mass is 504 g/mol. The largest absolute Gasteiger partial charge is 0.465 e. The van der Waals surface area contributed by atoms with Crippen molar-refractivity contribution in [3.63, 3.8) is 0 Å². The highest BCUT2D eigenvalue weighted by molar-refractivity contribution is 8.02. The molecule has 0 aromatic heterocycles. The van der Waals surface area contributed by atoms with Gasteiger partial charge >= 0.3 is 5.97 Å². The summed E-state index contributed by atoms with van der Waals surface area (Å²) < 4.78 is 4.54. The fraction of sp³-hybridized carbons (Fsp3) is 0.741. The number of hydrogen-bond acceptors (Lipinski definition) is 6. The second kappa shape index (κ2) is 10.7. The van der Waals surface area contributed by atoms with Crippen molar-refractivity contribution >= 4 is 29.5 Å². The molecule has 3 aliphatic heterocycles. The van der Waals surface area contributed by atoms with E-state index in [1.807, 2.05) is 11.8 Å². The fourth-order valence-electron chi connectivity index (χ4n) is 7.01. The molecule has 2 unspecified atom stereocenters. The molecule has 1 N–H and O–H groups in total. The number of fused-ring (bicyclic) bond motifs is 1. The lowest BCUT2D eigenvalue weighted by atomic mass is 9.66. The Hall–Kier alpha value is -1.80. The number of esters is 1. The molecule has 7 nitrogen and oxygen atoms in total. The van der Waals surface area contributed by atoms with Crippen molar-refractivity contribution in [2.75, 3.05) is 26.3 Å². The standard InChI is InChI=1S/C27H40N2O5S/c1-4-6-10-18-34-25(33)21-20-23(31)29(16-17-30)22(27(20)14-13-26(21,3)35-27)24(32)28(15-5-2)19-11-8-7-9-12-19/h4-5,19-22,30H,1-2,6-18H2,3H3/t20-,21-,22?,26+,27?/m0/s1. The number of aliphatic hydroxyl groups excluding tert-OH is 1. The van der Waals surface area contributed by atoms with Crippen LogP contribution < -0.4 is 0 Å². The van der Waals surface area contributed by atoms with Gasteiger partial charge in [-0.1, -0.05) is 31.4 Å². The van der Waals surface area contributed by atoms with Gasteiger partial charge in [0.2, 0.25) is 11.8 Å². The van der Waals surface area contributed by atoms with E-state index in [0.29, 0.717) is 26.0 Å². The van der Waals surface area contributed by atoms with Gasteiger partial charge in [0.1, 0.15) is 6.04 Å². The zero-order valence-electron chi connectivity index (χ0n) is 21.0. The van der Waals surface area contributed by atoms with E-state index in [4.69, 9.17) is 4.74 Å². The average Bonchev–Trinajstić information content (AvgIpc) is 3.41. The maximum absolute atomic E-state index is 14.3. The topological polar surface area (TPSA) is 87.1 Å². The highest BCUT2D eigenvalue weighted by atomic mass is 32.2. The molecule has 35 heavy (non-hydrogen) atoms. The lowest BCUT2D eigenvalue weighted by molar-refractivity contribution is -0.155. The molecule has 8 heteroatoms. The summed E-state index contributed by atoms with van der Waals surface area (Å²) in [6, 6.07) is -0.542. The molecule has 3 heterocycles. The van der Waals surface area contributed by atoms with Crippen LogP contribution in [0.25, 0.3) is 0 Å². The lowest BCUT2D eigenvalue weighted by Crippen LogP contribution is -2.57. The van der Waals surface area contributed by atoms with Gasteiger partial charge in [0.25, 0.3) is 0 Å². The minimum Gasteiger partial charge on any atom is -0.465 e. The van der Waals surface area contributed by atoms with Crippen LogP contribution in [0, 0.1) is 11.8 Å². The number of β-amino-alcohol motifs (C(OH)–C–C–N with tert-alkyl or cyclic N) is 1. The summed E-state index contributed by atoms with van der Waals surface area (Å²) >= 11 is 1.65. The van der Waals surface area contributed by atoms with E-state index < -0.39 is 27.4 Å². The van der Waals surface area contributed by atoms with Crippen LogP contribution >= 0.6 is 11.8 Å². The highest BCUT2D eigenvalue weighted by Gasteiger charge is 2.77. The number of hydrogen-bond donors (Lipinski definition) is 1. The Morgan fingerprint density at radius 3 is 2.63 bits per heavy atom. The Labute approximate surface area is 213 Å². The normalized spacial score (nSPS) is 34.1. The van der Waals surface area contributed by atoms with Crippen LogP contribution in [0.5, 0.6) is 0 Å². The van der Waals surface area contributed by atoms with Gasteiger partial charge in [-0.15, -0.1) is 24.9 Å². The Morgan fingerprint density at radius 2 is 1.97 bits per heavy atom. The van der Waals surface area contributed by atoms with Gasteiger partial charge in [-0.2, -0.15) is 0 Å². The molecule has 194 valence electrons. The van der Waals surface area contributed by atoms with Crippen LogP contribution in [0.15, 0.2) is 25.3 Å². The summed E-state index contributed by atoms with van der Waals surface area (Å²) in [6.45, 7) is 10.3. The first-order chi connectivity index (χ1) is 16.8. The first kappa shape index (κ1) is 26.3. The van der Waals surface area contributed by atoms with Crippen molar-refractivity contribution < 1.29 is 24.2 Å². The van der Waals surface area contributed by atoms with Crippen molar-refractivity contribution in [1.82, 2.24) is 9.80 Å². The van der Waals surface area contributed by atoms with E-state index in [1.54, 1.807) is 28.8 Å². The summed E-state index contributed by atoms with van der Waals surface area (Å²) in [5.74, 6) is -1.77. The van der Waals surface area contributed by atoms with E-state index in [2.05, 4.69) is 13.2 Å². The number of unbranched alkanes of at least 4 members (excludes halogenated alkanes) is 1. The number of nitrogens with zero attached hydrogens (tertiary/aromatic N) is 2. The number of ether oxygens (including phenoxy) is 1. The van der Waals surface area contributed by atoms with E-state index in [9.17, 15) is 19.5 Å². The molecule has 1 aliphatic carbocycles. The third-order valence-corrected chi connectivity index (χ3v) is 10.5. The molecule has 1 spiro atoms. The summed E-state index contributed by atoms with van der Waals surface area (Å²) in [4.78, 5) is 44.9. The number of thioether (sulfide) groups is 1. The average molecular weight is 505 g/mol. The van der Waals surface area contributed by atoms with E-state index >= 15 is 0 Å². The van der Waals surface area contributed by atoms with Gasteiger partial charge < -0.3 is 19.6 Å². The predicted octanol–water partition coefficient (Wildman–Crippen LogP) is 3.32. The Bertz CT molecular complexity index is 859. The van der Waals surface area contributed by atoms with Crippen molar-refractivity contribution in [1.29, 1.82) is 0 Å². The van der Waals surface area contributed by atoms with Gasteiger partial charge in [0.05, 0.1) is 29.8 Å². The summed E-state index contributed by atoms with van der Waals surface area (Å²) in [6.07, 6.45) is 11.8. The van der Waals surface area contributed by atoms with Crippen LogP contribution in [-0.4, -0.2) is 80.6 Å². The summed E-state index contributed by atoms with van der Waals surface area (Å²) in [7, 11) is 0. The molecular formula is C27H40N2O5S. The Morgan fingerprint density at radius 1 is 1.23 bits per heavy atom. The zero-order chi connectivity index (χ0) is 25.2. The summed E-state index contributed by atoms with van der Waals surface area (Å²) in [5, 5.41) is 9.82. The van der Waals surface area contributed by atoms with Gasteiger partial charge in [0.15, 0.2) is 0 Å². The van der Waals surface area contributed by atoms with Crippen LogP contribution in [-0.2, 0) is 19.1 Å². The molecule has 3 saturated heterocycles. The highest BCUT2D eigenvalue weighted by Crippen LogP contribution is 2.71. The van der Waals surface area contributed by atoms with Crippen LogP contribution in [0.1, 0.15) is 64.7 Å². The van der Waals surface area contributed by atoms with Crippen LogP contribution in [0.4, 0.5) is 0 Å². The molecule has 0 aromatic carbocycles. The van der Waals surface area contributed by atoms with Crippen LogP contribution in [0.2, 0.25) is 0 Å². The quantitative estimate of drug-likeness (QED) is 0.264. The number of carbonyl (C=O) groups excluding carboxylic acids is 3. The van der Waals surface area contributed by atoms with Crippen molar-refractivity contribution in [3.8, 4) is 0 Å². The Balaban J connectivity index is 1.66. The second-order valence-electron chi connectivity index (χ2n) is 10.7. The molecular weight excluding hydrogens is 464 g/mol. The molecule has 2 amide bonds. The molecule has 5 atom stereocenters. The number of carbonyl (C=O) groups is 3. The van der Waals surface area contributed by atoms with Crippen molar-refractivity contribution in [2.24, 2.45) is 11.8 Å². The predicted molar refractivity (Wildman–Crippen MR) is 137 cm³/mol. The third-order valence-electron chi connectivity index (χ3n) is 8.53. The summed E-state index contributed by atoms with van der Waals surface area (Å²) in [5.41, 5.74) is 0. The number of likely N-dealkylation sites (tertiary alicyclic amines) is 1. The number of amides is 2. The minimum absolute atomic E-state index is 0.0575. The molecule has 0 radical (unpaired) electrons. The molecule has 4 aliphatic rings. The second-order valence-corrected chi connectivity index (χ2v) is 12.5. The van der Waals surface area contributed by atoms with Gasteiger partial charge in [-0.3, -0.25) is 14.4 Å². The number of rotatable bonds is 11. The van der Waals surface area contributed by atoms with E-state index in [1.165, 1.54) is 6.42 Å². The maximum atomic E-state index is 14.3. The first-order valence-corrected chi connectivity index (χ1v) is 14.0. The van der Waals surface area contributed by atoms with Crippen LogP contribution in [0.3, 0.4) is 0 Å².